The minimum absolute atomic E-state index is 0.121. The average Bonchev–Trinajstić information content (AvgIpc) is 3.28. The number of methoxy groups -OCH3 is 1. The monoisotopic (exact) mass is 487 g/mol. The molecule has 182 valence electrons. The average molecular weight is 488 g/mol. The van der Waals surface area contributed by atoms with Crippen LogP contribution in [0, 0.1) is 0 Å². The molecule has 0 spiro atoms. The molecule has 1 N–H and O–H groups in total. The van der Waals surface area contributed by atoms with Crippen molar-refractivity contribution in [3.05, 3.63) is 71.5 Å². The third-order valence-corrected chi connectivity index (χ3v) is 5.78. The van der Waals surface area contributed by atoms with E-state index in [1.54, 1.807) is 37.6 Å². The maximum atomic E-state index is 11.2. The van der Waals surface area contributed by atoms with Gasteiger partial charge in [0, 0.05) is 37.1 Å². The van der Waals surface area contributed by atoms with Crippen molar-refractivity contribution in [1.29, 1.82) is 0 Å². The summed E-state index contributed by atoms with van der Waals surface area (Å²) in [5.41, 5.74) is -0.0798. The van der Waals surface area contributed by atoms with Crippen molar-refractivity contribution < 1.29 is 24.1 Å². The van der Waals surface area contributed by atoms with Crippen LogP contribution in [0.1, 0.15) is 5.56 Å². The van der Waals surface area contributed by atoms with E-state index in [0.29, 0.717) is 61.7 Å². The topological polar surface area (TPSA) is 78.2 Å². The molecule has 1 saturated heterocycles. The SMILES string of the molecule is COc1ccc(CN2CCOC[C@](O)(COc3ccc(Cl)cc3)C2)cc1OCCn1cccn1. The second kappa shape index (κ2) is 11.6. The first-order valence-corrected chi connectivity index (χ1v) is 11.6. The molecule has 0 unspecified atom stereocenters. The summed E-state index contributed by atoms with van der Waals surface area (Å²) in [6, 6.07) is 14.9. The number of nitrogens with zero attached hydrogens (tertiary/aromatic N) is 3. The molecule has 34 heavy (non-hydrogen) atoms. The summed E-state index contributed by atoms with van der Waals surface area (Å²) in [5.74, 6) is 2.01. The summed E-state index contributed by atoms with van der Waals surface area (Å²) in [6.45, 7) is 3.73. The van der Waals surface area contributed by atoms with Crippen LogP contribution in [-0.4, -0.2) is 72.0 Å². The summed E-state index contributed by atoms with van der Waals surface area (Å²) in [5, 5.41) is 16.0. The van der Waals surface area contributed by atoms with E-state index in [1.165, 1.54) is 0 Å². The van der Waals surface area contributed by atoms with Crippen LogP contribution in [-0.2, 0) is 17.8 Å². The minimum Gasteiger partial charge on any atom is -0.493 e. The normalized spacial score (nSPS) is 18.9. The van der Waals surface area contributed by atoms with Gasteiger partial charge in [-0.3, -0.25) is 9.58 Å². The Kier molecular flexibility index (Phi) is 8.29. The smallest absolute Gasteiger partial charge is 0.161 e. The van der Waals surface area contributed by atoms with Crippen molar-refractivity contribution in [3.8, 4) is 17.2 Å². The lowest BCUT2D eigenvalue weighted by Crippen LogP contribution is -2.48. The molecule has 0 bridgehead atoms. The maximum absolute atomic E-state index is 11.2. The van der Waals surface area contributed by atoms with Gasteiger partial charge in [0.15, 0.2) is 11.5 Å². The summed E-state index contributed by atoms with van der Waals surface area (Å²) in [6.07, 6.45) is 3.64. The van der Waals surface area contributed by atoms with Crippen molar-refractivity contribution in [2.24, 2.45) is 0 Å². The van der Waals surface area contributed by atoms with Gasteiger partial charge in [-0.05, 0) is 48.0 Å². The Hall–Kier alpha value is -2.78. The summed E-state index contributed by atoms with van der Waals surface area (Å²) in [7, 11) is 1.63. The second-order valence-corrected chi connectivity index (χ2v) is 8.77. The van der Waals surface area contributed by atoms with Gasteiger partial charge in [-0.1, -0.05) is 17.7 Å². The third kappa shape index (κ3) is 6.87. The van der Waals surface area contributed by atoms with Gasteiger partial charge in [0.2, 0.25) is 0 Å². The first kappa shape index (κ1) is 24.3. The third-order valence-electron chi connectivity index (χ3n) is 5.53. The standard InChI is InChI=1S/C25H30ClN3O5/c1-31-23-8-3-20(15-24(23)33-14-12-29-10-2-9-27-29)16-28-11-13-32-18-25(30,17-28)19-34-22-6-4-21(26)5-7-22/h2-10,15,30H,11-14,16-19H2,1H3/t25-/m0/s1. The Bertz CT molecular complexity index is 1030. The number of hydrogen-bond donors (Lipinski definition) is 1. The van der Waals surface area contributed by atoms with Gasteiger partial charge in [0.25, 0.3) is 0 Å². The fourth-order valence-electron chi connectivity index (χ4n) is 3.84. The van der Waals surface area contributed by atoms with Crippen LogP contribution in [0.3, 0.4) is 0 Å². The van der Waals surface area contributed by atoms with Crippen LogP contribution in [0.5, 0.6) is 17.2 Å². The van der Waals surface area contributed by atoms with Gasteiger partial charge in [0.05, 0.1) is 26.9 Å². The molecule has 1 aliphatic heterocycles. The molecule has 1 aliphatic rings. The van der Waals surface area contributed by atoms with Crippen molar-refractivity contribution in [3.63, 3.8) is 0 Å². The minimum atomic E-state index is -1.13. The fourth-order valence-corrected chi connectivity index (χ4v) is 3.97. The van der Waals surface area contributed by atoms with E-state index >= 15 is 0 Å². The van der Waals surface area contributed by atoms with Crippen molar-refractivity contribution in [1.82, 2.24) is 14.7 Å². The molecular formula is C25H30ClN3O5. The Labute approximate surface area is 204 Å². The van der Waals surface area contributed by atoms with Crippen molar-refractivity contribution >= 4 is 11.6 Å². The zero-order valence-electron chi connectivity index (χ0n) is 19.2. The number of aromatic nitrogens is 2. The molecular weight excluding hydrogens is 458 g/mol. The van der Waals surface area contributed by atoms with Gasteiger partial charge in [-0.25, -0.2) is 0 Å². The van der Waals surface area contributed by atoms with Gasteiger partial charge in [-0.15, -0.1) is 0 Å². The van der Waals surface area contributed by atoms with E-state index in [1.807, 2.05) is 35.1 Å². The highest BCUT2D eigenvalue weighted by Gasteiger charge is 2.33. The highest BCUT2D eigenvalue weighted by atomic mass is 35.5. The van der Waals surface area contributed by atoms with E-state index < -0.39 is 5.60 Å². The van der Waals surface area contributed by atoms with Gasteiger partial charge < -0.3 is 24.1 Å². The number of ether oxygens (including phenoxy) is 4. The molecule has 3 aromatic rings. The first-order chi connectivity index (χ1) is 16.5. The Morgan fingerprint density at radius 3 is 2.76 bits per heavy atom. The molecule has 0 saturated carbocycles. The molecule has 2 heterocycles. The predicted molar refractivity (Wildman–Crippen MR) is 129 cm³/mol. The fraction of sp³-hybridized carbons (Fsp3) is 0.400. The molecule has 2 aromatic carbocycles. The first-order valence-electron chi connectivity index (χ1n) is 11.2. The van der Waals surface area contributed by atoms with Crippen LogP contribution in [0.25, 0.3) is 0 Å². The Balaban J connectivity index is 1.37. The van der Waals surface area contributed by atoms with Gasteiger partial charge >= 0.3 is 0 Å². The largest absolute Gasteiger partial charge is 0.493 e. The number of hydrogen-bond acceptors (Lipinski definition) is 7. The van der Waals surface area contributed by atoms with Crippen LogP contribution >= 0.6 is 11.6 Å². The van der Waals surface area contributed by atoms with Crippen LogP contribution in [0.2, 0.25) is 5.02 Å². The number of aliphatic hydroxyl groups is 1. The summed E-state index contributed by atoms with van der Waals surface area (Å²) >= 11 is 5.93. The van der Waals surface area contributed by atoms with Crippen molar-refractivity contribution in [2.75, 3.05) is 46.6 Å². The molecule has 0 amide bonds. The number of halogens is 1. The second-order valence-electron chi connectivity index (χ2n) is 8.33. The molecule has 1 aromatic heterocycles. The zero-order chi connectivity index (χ0) is 23.8. The van der Waals surface area contributed by atoms with E-state index in [-0.39, 0.29) is 13.2 Å². The Morgan fingerprint density at radius 2 is 2.00 bits per heavy atom. The summed E-state index contributed by atoms with van der Waals surface area (Å²) in [4.78, 5) is 2.16. The maximum Gasteiger partial charge on any atom is 0.161 e. The number of benzene rings is 2. The molecule has 9 heteroatoms. The van der Waals surface area contributed by atoms with E-state index in [2.05, 4.69) is 10.00 Å². The lowest BCUT2D eigenvalue weighted by atomic mass is 10.1. The Morgan fingerprint density at radius 1 is 1.15 bits per heavy atom. The van der Waals surface area contributed by atoms with Crippen LogP contribution in [0.15, 0.2) is 60.9 Å². The zero-order valence-corrected chi connectivity index (χ0v) is 20.0. The summed E-state index contributed by atoms with van der Waals surface area (Å²) < 4.78 is 24.8. The van der Waals surface area contributed by atoms with Gasteiger partial charge in [-0.2, -0.15) is 5.10 Å². The molecule has 4 rings (SSSR count). The molecule has 0 aliphatic carbocycles. The van der Waals surface area contributed by atoms with Crippen LogP contribution < -0.4 is 14.2 Å². The number of β-amino-alcohol motifs (C(OH)–C–C–N with tert-alkyl or cyclic N) is 1. The molecule has 8 nitrogen and oxygen atoms in total. The number of rotatable bonds is 10. The molecule has 1 fully saturated rings. The predicted octanol–water partition coefficient (Wildman–Crippen LogP) is 3.27. The van der Waals surface area contributed by atoms with Crippen molar-refractivity contribution in [2.45, 2.75) is 18.7 Å². The van der Waals surface area contributed by atoms with Crippen LogP contribution in [0.4, 0.5) is 0 Å². The molecule has 1 atom stereocenters. The lowest BCUT2D eigenvalue weighted by Gasteiger charge is -2.30. The quantitative estimate of drug-likeness (QED) is 0.470. The van der Waals surface area contributed by atoms with Gasteiger partial charge in [0.1, 0.15) is 24.6 Å². The van der Waals surface area contributed by atoms with E-state index in [9.17, 15) is 5.11 Å². The molecule has 0 radical (unpaired) electrons. The van der Waals surface area contributed by atoms with E-state index in [0.717, 1.165) is 5.56 Å². The van der Waals surface area contributed by atoms with E-state index in [4.69, 9.17) is 30.5 Å². The highest BCUT2D eigenvalue weighted by Crippen LogP contribution is 2.29. The highest BCUT2D eigenvalue weighted by molar-refractivity contribution is 6.30. The lowest BCUT2D eigenvalue weighted by molar-refractivity contribution is -0.0646.